The quantitative estimate of drug-likeness (QED) is 0.176. The summed E-state index contributed by atoms with van der Waals surface area (Å²) in [5.74, 6) is -0.0421. The average molecular weight is 555 g/mol. The number of benzene rings is 4. The van der Waals surface area contributed by atoms with Gasteiger partial charge in [-0.1, -0.05) is 42.5 Å². The average Bonchev–Trinajstić information content (AvgIpc) is 2.98. The number of sulfone groups is 1. The van der Waals surface area contributed by atoms with Crippen molar-refractivity contribution >= 4 is 21.2 Å². The molecule has 0 atom stereocenters. The zero-order valence-corrected chi connectivity index (χ0v) is 25.5. The van der Waals surface area contributed by atoms with Crippen LogP contribution in [0.5, 0.6) is 0 Å². The van der Waals surface area contributed by atoms with Crippen molar-refractivity contribution in [2.45, 2.75) is 57.3 Å². The summed E-state index contributed by atoms with van der Waals surface area (Å²) in [5.41, 5.74) is 8.40. The molecule has 0 fully saturated rings. The van der Waals surface area contributed by atoms with Crippen LogP contribution in [0.2, 0.25) is 0 Å². The fourth-order valence-electron chi connectivity index (χ4n) is 5.55. The monoisotopic (exact) mass is 554 g/mol. The maximum atomic E-state index is 13.3. The van der Waals surface area contributed by atoms with E-state index in [1.807, 2.05) is 18.2 Å². The third-order valence-corrected chi connectivity index (χ3v) is 9.77. The first-order chi connectivity index (χ1) is 19.2. The van der Waals surface area contributed by atoms with E-state index < -0.39 is 9.84 Å². The van der Waals surface area contributed by atoms with Crippen LogP contribution in [0.1, 0.15) is 61.4 Å². The molecule has 0 bridgehead atoms. The molecule has 0 saturated heterocycles. The maximum absolute atomic E-state index is 13.3. The van der Waals surface area contributed by atoms with Crippen LogP contribution in [0.25, 0.3) is 0 Å². The van der Waals surface area contributed by atoms with E-state index >= 15 is 0 Å². The summed E-state index contributed by atoms with van der Waals surface area (Å²) < 4.78 is 26.6. The lowest BCUT2D eigenvalue weighted by molar-refractivity contribution is 0.596. The molecule has 0 amide bonds. The summed E-state index contributed by atoms with van der Waals surface area (Å²) in [5, 5.41) is 0. The molecule has 40 heavy (non-hydrogen) atoms. The van der Waals surface area contributed by atoms with Gasteiger partial charge in [0, 0.05) is 43.5 Å². The second-order valence-corrected chi connectivity index (χ2v) is 12.2. The minimum absolute atomic E-state index is 0.0421. The summed E-state index contributed by atoms with van der Waals surface area (Å²) in [4.78, 5) is 5.36. The van der Waals surface area contributed by atoms with Crippen LogP contribution in [-0.2, 0) is 9.84 Å². The molecular weight excluding hydrogens is 512 g/mol. The van der Waals surface area contributed by atoms with Crippen LogP contribution >= 0.6 is 0 Å². The first-order valence-corrected chi connectivity index (χ1v) is 15.8. The first kappa shape index (κ1) is 29.4. The Hall–Kier alpha value is -3.57. The SMILES string of the molecule is CCN(CC)c1ccc(C)c(C(c2ccc(S(=O)(=O)c3ccccc3)cc2)c2cc(N(CC)CC)ccc2C)c1. The van der Waals surface area contributed by atoms with Crippen LogP contribution in [-0.4, -0.2) is 34.6 Å². The van der Waals surface area contributed by atoms with Crippen LogP contribution < -0.4 is 9.80 Å². The van der Waals surface area contributed by atoms with Gasteiger partial charge in [0.25, 0.3) is 0 Å². The van der Waals surface area contributed by atoms with Crippen molar-refractivity contribution < 1.29 is 8.42 Å². The number of nitrogens with zero attached hydrogens (tertiary/aromatic N) is 2. The highest BCUT2D eigenvalue weighted by molar-refractivity contribution is 7.91. The van der Waals surface area contributed by atoms with Crippen LogP contribution in [0, 0.1) is 13.8 Å². The second-order valence-electron chi connectivity index (χ2n) is 10.2. The Kier molecular flexibility index (Phi) is 9.36. The number of rotatable bonds is 11. The van der Waals surface area contributed by atoms with Gasteiger partial charge in [-0.3, -0.25) is 0 Å². The van der Waals surface area contributed by atoms with Gasteiger partial charge >= 0.3 is 0 Å². The van der Waals surface area contributed by atoms with Gasteiger partial charge in [0.05, 0.1) is 9.79 Å². The number of anilines is 2. The van der Waals surface area contributed by atoms with E-state index in [1.54, 1.807) is 36.4 Å². The van der Waals surface area contributed by atoms with E-state index in [-0.39, 0.29) is 5.92 Å². The molecule has 4 rings (SSSR count). The molecule has 0 aromatic heterocycles. The number of aryl methyl sites for hydroxylation is 2. The summed E-state index contributed by atoms with van der Waals surface area (Å²) in [6.45, 7) is 16.8. The molecule has 0 unspecified atom stereocenters. The molecule has 210 valence electrons. The number of hydrogen-bond donors (Lipinski definition) is 0. The predicted octanol–water partition coefficient (Wildman–Crippen LogP) is 8.01. The van der Waals surface area contributed by atoms with E-state index in [2.05, 4.69) is 87.7 Å². The molecule has 0 aliphatic carbocycles. The second kappa shape index (κ2) is 12.7. The Morgan fingerprint density at radius 2 is 1.00 bits per heavy atom. The highest BCUT2D eigenvalue weighted by atomic mass is 32.2. The summed E-state index contributed by atoms with van der Waals surface area (Å²) in [6, 6.07) is 29.6. The van der Waals surface area contributed by atoms with E-state index in [0.717, 1.165) is 31.7 Å². The Bertz CT molecular complexity index is 1460. The van der Waals surface area contributed by atoms with Crippen LogP contribution in [0.3, 0.4) is 0 Å². The molecule has 4 aromatic rings. The van der Waals surface area contributed by atoms with Gasteiger partial charge in [-0.25, -0.2) is 8.42 Å². The van der Waals surface area contributed by atoms with Crippen LogP contribution in [0.4, 0.5) is 11.4 Å². The van der Waals surface area contributed by atoms with E-state index in [9.17, 15) is 8.42 Å². The lowest BCUT2D eigenvalue weighted by atomic mass is 9.81. The zero-order valence-electron chi connectivity index (χ0n) is 24.7. The molecule has 0 N–H and O–H groups in total. The summed E-state index contributed by atoms with van der Waals surface area (Å²) in [7, 11) is -3.59. The van der Waals surface area contributed by atoms with Crippen molar-refractivity contribution in [3.8, 4) is 0 Å². The molecule has 5 heteroatoms. The van der Waals surface area contributed by atoms with Gasteiger partial charge in [-0.05, 0) is 118 Å². The van der Waals surface area contributed by atoms with Gasteiger partial charge in [0.2, 0.25) is 9.84 Å². The fourth-order valence-corrected chi connectivity index (χ4v) is 6.83. The van der Waals surface area contributed by atoms with Gasteiger partial charge in [0.1, 0.15) is 0 Å². The molecule has 0 radical (unpaired) electrons. The van der Waals surface area contributed by atoms with Crippen molar-refractivity contribution in [1.82, 2.24) is 0 Å². The fraction of sp³-hybridized carbons (Fsp3) is 0.314. The third-order valence-electron chi connectivity index (χ3n) is 7.98. The molecule has 0 aliphatic rings. The Morgan fingerprint density at radius 1 is 0.575 bits per heavy atom. The van der Waals surface area contributed by atoms with Crippen molar-refractivity contribution in [3.63, 3.8) is 0 Å². The topological polar surface area (TPSA) is 40.6 Å². The Balaban J connectivity index is 1.91. The van der Waals surface area contributed by atoms with E-state index in [0.29, 0.717) is 9.79 Å². The van der Waals surface area contributed by atoms with Gasteiger partial charge in [-0.15, -0.1) is 0 Å². The molecule has 4 nitrogen and oxygen atoms in total. The van der Waals surface area contributed by atoms with Crippen molar-refractivity contribution in [3.05, 3.63) is 119 Å². The smallest absolute Gasteiger partial charge is 0.206 e. The highest BCUT2D eigenvalue weighted by Gasteiger charge is 2.24. The minimum atomic E-state index is -3.59. The van der Waals surface area contributed by atoms with Crippen molar-refractivity contribution in [2.75, 3.05) is 36.0 Å². The Labute approximate surface area is 241 Å². The molecule has 0 saturated carbocycles. The van der Waals surface area contributed by atoms with Gasteiger partial charge in [0.15, 0.2) is 0 Å². The molecular formula is C35H42N2O2S. The normalized spacial score (nSPS) is 11.6. The minimum Gasteiger partial charge on any atom is -0.372 e. The lowest BCUT2D eigenvalue weighted by Gasteiger charge is -2.28. The molecule has 0 aliphatic heterocycles. The van der Waals surface area contributed by atoms with E-state index in [1.165, 1.54) is 33.6 Å². The zero-order chi connectivity index (χ0) is 28.9. The van der Waals surface area contributed by atoms with Gasteiger partial charge < -0.3 is 9.80 Å². The standard InChI is InChI=1S/C35H42N2O2S/c1-7-36(8-2)29-20-16-26(5)33(24-29)35(34-25-30(21-17-27(34)6)37(9-3)10-4)28-18-22-32(23-19-28)40(38,39)31-14-12-11-13-15-31/h11-25,35H,7-10H2,1-6H3. The summed E-state index contributed by atoms with van der Waals surface area (Å²) >= 11 is 0. The number of hydrogen-bond acceptors (Lipinski definition) is 4. The molecule has 0 spiro atoms. The van der Waals surface area contributed by atoms with E-state index in [4.69, 9.17) is 0 Å². The third kappa shape index (κ3) is 5.95. The Morgan fingerprint density at radius 3 is 1.43 bits per heavy atom. The van der Waals surface area contributed by atoms with Crippen molar-refractivity contribution in [1.29, 1.82) is 0 Å². The molecule has 0 heterocycles. The maximum Gasteiger partial charge on any atom is 0.206 e. The van der Waals surface area contributed by atoms with Crippen molar-refractivity contribution in [2.24, 2.45) is 0 Å². The molecule has 4 aromatic carbocycles. The highest BCUT2D eigenvalue weighted by Crippen LogP contribution is 2.39. The summed E-state index contributed by atoms with van der Waals surface area (Å²) in [6.07, 6.45) is 0. The first-order valence-electron chi connectivity index (χ1n) is 14.4. The largest absolute Gasteiger partial charge is 0.372 e. The van der Waals surface area contributed by atoms with Gasteiger partial charge in [-0.2, -0.15) is 0 Å². The predicted molar refractivity (Wildman–Crippen MR) is 169 cm³/mol. The van der Waals surface area contributed by atoms with Crippen LogP contribution in [0.15, 0.2) is 101 Å². The lowest BCUT2D eigenvalue weighted by Crippen LogP contribution is -2.23.